The summed E-state index contributed by atoms with van der Waals surface area (Å²) < 4.78 is 6.89. The van der Waals surface area contributed by atoms with Gasteiger partial charge in [0, 0.05) is 6.07 Å². The minimum absolute atomic E-state index is 0.222. The van der Waals surface area contributed by atoms with Crippen LogP contribution in [0.25, 0.3) is 20.8 Å². The topological polar surface area (TPSA) is 42.4 Å². The summed E-state index contributed by atoms with van der Waals surface area (Å²) in [5.41, 5.74) is 1.72. The highest BCUT2D eigenvalue weighted by atomic mass is 32.1. The van der Waals surface area contributed by atoms with Crippen molar-refractivity contribution in [3.8, 4) is 22.1 Å². The van der Waals surface area contributed by atoms with Crippen molar-refractivity contribution < 1.29 is 9.84 Å². The van der Waals surface area contributed by atoms with E-state index >= 15 is 0 Å². The normalized spacial score (nSPS) is 11.1. The van der Waals surface area contributed by atoms with Gasteiger partial charge < -0.3 is 9.84 Å². The Balaban J connectivity index is 1.57. The third kappa shape index (κ3) is 4.73. The van der Waals surface area contributed by atoms with E-state index < -0.39 is 0 Å². The van der Waals surface area contributed by atoms with Gasteiger partial charge in [-0.2, -0.15) is 0 Å². The predicted octanol–water partition coefficient (Wildman–Crippen LogP) is 6.41. The van der Waals surface area contributed by atoms with Crippen molar-refractivity contribution in [3.05, 3.63) is 42.5 Å². The summed E-state index contributed by atoms with van der Waals surface area (Å²) >= 11 is 1.59. The van der Waals surface area contributed by atoms with Gasteiger partial charge in [-0.15, -0.1) is 11.3 Å². The largest absolute Gasteiger partial charge is 0.507 e. The summed E-state index contributed by atoms with van der Waals surface area (Å²) in [5, 5.41) is 11.2. The Bertz CT molecular complexity index is 780. The average molecular weight is 356 g/mol. The van der Waals surface area contributed by atoms with E-state index in [4.69, 9.17) is 4.74 Å². The molecule has 3 nitrogen and oxygen atoms in total. The summed E-state index contributed by atoms with van der Waals surface area (Å²) in [6, 6.07) is 13.5. The second-order valence-electron chi connectivity index (χ2n) is 6.28. The molecule has 0 amide bonds. The summed E-state index contributed by atoms with van der Waals surface area (Å²) in [5.74, 6) is 0.940. The van der Waals surface area contributed by atoms with E-state index in [1.54, 1.807) is 17.4 Å². The van der Waals surface area contributed by atoms with Crippen molar-refractivity contribution in [2.24, 2.45) is 0 Å². The van der Waals surface area contributed by atoms with E-state index in [1.807, 2.05) is 36.4 Å². The molecule has 0 fully saturated rings. The minimum atomic E-state index is 0.222. The fraction of sp³-hybridized carbons (Fsp3) is 0.381. The van der Waals surface area contributed by atoms with E-state index in [2.05, 4.69) is 11.9 Å². The molecule has 4 heteroatoms. The number of fused-ring (bicyclic) bond motifs is 1. The standard InChI is InChI=1S/C21H25NO2S/c1-2-3-4-5-6-9-14-24-16-12-13-17(19(23)15-16)21-22-18-10-7-8-11-20(18)25-21/h7-8,10-13,15,23H,2-6,9,14H2,1H3. The molecule has 0 unspecified atom stereocenters. The van der Waals surface area contributed by atoms with Crippen molar-refractivity contribution in [2.75, 3.05) is 6.61 Å². The lowest BCUT2D eigenvalue weighted by atomic mass is 10.1. The zero-order valence-corrected chi connectivity index (χ0v) is 15.5. The number of ether oxygens (including phenoxy) is 1. The molecule has 0 bridgehead atoms. The minimum Gasteiger partial charge on any atom is -0.507 e. The molecule has 3 rings (SSSR count). The zero-order chi connectivity index (χ0) is 17.5. The Morgan fingerprint density at radius 1 is 1.00 bits per heavy atom. The molecule has 0 saturated carbocycles. The van der Waals surface area contributed by atoms with Crippen molar-refractivity contribution in [2.45, 2.75) is 45.4 Å². The first-order valence-corrected chi connectivity index (χ1v) is 9.91. The summed E-state index contributed by atoms with van der Waals surface area (Å²) in [6.45, 7) is 2.93. The van der Waals surface area contributed by atoms with E-state index in [1.165, 1.54) is 32.1 Å². The third-order valence-corrected chi connectivity index (χ3v) is 5.33. The van der Waals surface area contributed by atoms with E-state index in [-0.39, 0.29) is 5.75 Å². The number of aromatic hydroxyl groups is 1. The van der Waals surface area contributed by atoms with Crippen LogP contribution in [0, 0.1) is 0 Å². The van der Waals surface area contributed by atoms with Crippen molar-refractivity contribution >= 4 is 21.6 Å². The summed E-state index contributed by atoms with van der Waals surface area (Å²) in [6.07, 6.45) is 7.45. The Morgan fingerprint density at radius 2 is 1.80 bits per heavy atom. The Kier molecular flexibility index (Phi) is 6.29. The second kappa shape index (κ2) is 8.86. The van der Waals surface area contributed by atoms with Gasteiger partial charge in [0.2, 0.25) is 0 Å². The maximum atomic E-state index is 10.4. The van der Waals surface area contributed by atoms with Crippen LogP contribution in [0.4, 0.5) is 0 Å². The molecule has 25 heavy (non-hydrogen) atoms. The van der Waals surface area contributed by atoms with E-state index in [9.17, 15) is 5.11 Å². The van der Waals surface area contributed by atoms with Gasteiger partial charge >= 0.3 is 0 Å². The predicted molar refractivity (Wildman–Crippen MR) is 106 cm³/mol. The molecule has 1 heterocycles. The first-order chi connectivity index (χ1) is 12.3. The highest BCUT2D eigenvalue weighted by Gasteiger charge is 2.11. The number of nitrogens with zero attached hydrogens (tertiary/aromatic N) is 1. The van der Waals surface area contributed by atoms with Gasteiger partial charge in [0.15, 0.2) is 0 Å². The molecule has 0 aliphatic carbocycles. The molecular weight excluding hydrogens is 330 g/mol. The van der Waals surface area contributed by atoms with Crippen LogP contribution in [0.5, 0.6) is 11.5 Å². The number of unbranched alkanes of at least 4 members (excludes halogenated alkanes) is 5. The smallest absolute Gasteiger partial charge is 0.129 e. The highest BCUT2D eigenvalue weighted by Crippen LogP contribution is 2.37. The van der Waals surface area contributed by atoms with Gasteiger partial charge in [0.1, 0.15) is 16.5 Å². The van der Waals surface area contributed by atoms with Crippen molar-refractivity contribution in [1.29, 1.82) is 0 Å². The lowest BCUT2D eigenvalue weighted by molar-refractivity contribution is 0.303. The van der Waals surface area contributed by atoms with Crippen molar-refractivity contribution in [3.63, 3.8) is 0 Å². The molecule has 0 aliphatic heterocycles. The number of para-hydroxylation sites is 1. The van der Waals surface area contributed by atoms with Gasteiger partial charge in [-0.3, -0.25) is 0 Å². The first kappa shape index (κ1) is 17.7. The molecule has 0 radical (unpaired) electrons. The van der Waals surface area contributed by atoms with Crippen LogP contribution in [0.15, 0.2) is 42.5 Å². The van der Waals surface area contributed by atoms with Gasteiger partial charge in [-0.1, -0.05) is 51.2 Å². The van der Waals surface area contributed by atoms with E-state index in [0.29, 0.717) is 6.61 Å². The van der Waals surface area contributed by atoms with E-state index in [0.717, 1.165) is 33.0 Å². The Hall–Kier alpha value is -2.07. The van der Waals surface area contributed by atoms with Crippen LogP contribution in [0.2, 0.25) is 0 Å². The Labute approximate surface area is 153 Å². The third-order valence-electron chi connectivity index (χ3n) is 4.26. The highest BCUT2D eigenvalue weighted by molar-refractivity contribution is 7.21. The molecule has 0 atom stereocenters. The quantitative estimate of drug-likeness (QED) is 0.451. The number of thiazole rings is 1. The number of aromatic nitrogens is 1. The molecule has 132 valence electrons. The fourth-order valence-electron chi connectivity index (χ4n) is 2.84. The summed E-state index contributed by atoms with van der Waals surface area (Å²) in [4.78, 5) is 4.60. The molecular formula is C21H25NO2S. The lowest BCUT2D eigenvalue weighted by Gasteiger charge is -2.08. The molecule has 1 aromatic heterocycles. The monoisotopic (exact) mass is 355 g/mol. The second-order valence-corrected chi connectivity index (χ2v) is 7.31. The van der Waals surface area contributed by atoms with Crippen LogP contribution < -0.4 is 4.74 Å². The van der Waals surface area contributed by atoms with Gasteiger partial charge in [0.05, 0.1) is 22.4 Å². The zero-order valence-electron chi connectivity index (χ0n) is 14.7. The average Bonchev–Trinajstić information content (AvgIpc) is 3.05. The number of hydrogen-bond donors (Lipinski definition) is 1. The first-order valence-electron chi connectivity index (χ1n) is 9.09. The summed E-state index contributed by atoms with van der Waals surface area (Å²) in [7, 11) is 0. The van der Waals surface area contributed by atoms with Crippen LogP contribution >= 0.6 is 11.3 Å². The SMILES string of the molecule is CCCCCCCCOc1ccc(-c2nc3ccccc3s2)c(O)c1. The number of benzene rings is 2. The van der Waals surface area contributed by atoms with Crippen LogP contribution in [-0.4, -0.2) is 16.7 Å². The van der Waals surface area contributed by atoms with Crippen LogP contribution in [0.3, 0.4) is 0 Å². The number of phenols is 1. The maximum Gasteiger partial charge on any atom is 0.129 e. The van der Waals surface area contributed by atoms with Crippen LogP contribution in [0.1, 0.15) is 45.4 Å². The lowest BCUT2D eigenvalue weighted by Crippen LogP contribution is -1.97. The number of rotatable bonds is 9. The molecule has 2 aromatic carbocycles. The van der Waals surface area contributed by atoms with Crippen LogP contribution in [-0.2, 0) is 0 Å². The van der Waals surface area contributed by atoms with Crippen molar-refractivity contribution in [1.82, 2.24) is 4.98 Å². The molecule has 0 spiro atoms. The molecule has 3 aromatic rings. The molecule has 1 N–H and O–H groups in total. The molecule has 0 saturated heterocycles. The maximum absolute atomic E-state index is 10.4. The fourth-order valence-corrected chi connectivity index (χ4v) is 3.84. The molecule has 0 aliphatic rings. The van der Waals surface area contributed by atoms with Gasteiger partial charge in [-0.05, 0) is 30.7 Å². The Morgan fingerprint density at radius 3 is 2.60 bits per heavy atom. The van der Waals surface area contributed by atoms with Gasteiger partial charge in [-0.25, -0.2) is 4.98 Å². The number of hydrogen-bond acceptors (Lipinski definition) is 4. The van der Waals surface area contributed by atoms with Gasteiger partial charge in [0.25, 0.3) is 0 Å². The number of phenolic OH excluding ortho intramolecular Hbond substituents is 1.